The van der Waals surface area contributed by atoms with Crippen LogP contribution in [0.15, 0.2) is 37.0 Å². The zero-order valence-electron chi connectivity index (χ0n) is 12.4. The number of ether oxygens (including phenoxy) is 3. The molecule has 1 fully saturated rings. The van der Waals surface area contributed by atoms with E-state index in [4.69, 9.17) is 14.6 Å². The summed E-state index contributed by atoms with van der Waals surface area (Å²) >= 11 is 0. The molecule has 1 atom stereocenters. The molecule has 122 valence electrons. The van der Waals surface area contributed by atoms with E-state index in [2.05, 4.69) is 17.9 Å². The number of hydrogen-bond donors (Lipinski definition) is 1. The van der Waals surface area contributed by atoms with Gasteiger partial charge in [0, 0.05) is 17.7 Å². The van der Waals surface area contributed by atoms with Gasteiger partial charge in [0.1, 0.15) is 12.7 Å². The van der Waals surface area contributed by atoms with Crippen LogP contribution in [0, 0.1) is 0 Å². The summed E-state index contributed by atoms with van der Waals surface area (Å²) in [4.78, 5) is 31.4. The van der Waals surface area contributed by atoms with Gasteiger partial charge in [-0.1, -0.05) is 19.2 Å². The van der Waals surface area contributed by atoms with Gasteiger partial charge in [0.15, 0.2) is 0 Å². The van der Waals surface area contributed by atoms with Crippen LogP contribution in [0.1, 0.15) is 13.3 Å². The Morgan fingerprint density at radius 1 is 1.36 bits per heavy atom. The van der Waals surface area contributed by atoms with Gasteiger partial charge in [-0.15, -0.1) is 0 Å². The first-order chi connectivity index (χ1) is 10.4. The molecule has 0 saturated carbocycles. The highest BCUT2D eigenvalue weighted by Crippen LogP contribution is 2.10. The minimum atomic E-state index is -1.05. The molecule has 0 aliphatic carbocycles. The highest BCUT2D eigenvalue weighted by molar-refractivity contribution is 5.88. The van der Waals surface area contributed by atoms with Crippen LogP contribution in [0.4, 0.5) is 0 Å². The maximum absolute atomic E-state index is 11.2. The Morgan fingerprint density at radius 3 is 2.41 bits per heavy atom. The zero-order chi connectivity index (χ0) is 17.0. The van der Waals surface area contributed by atoms with Gasteiger partial charge in [0.2, 0.25) is 0 Å². The van der Waals surface area contributed by atoms with Gasteiger partial charge in [-0.3, -0.25) is 0 Å². The van der Waals surface area contributed by atoms with Crippen molar-refractivity contribution in [1.82, 2.24) is 0 Å². The molecule has 0 bridgehead atoms. The first-order valence-electron chi connectivity index (χ1n) is 6.55. The lowest BCUT2D eigenvalue weighted by molar-refractivity contribution is -0.139. The number of aliphatic carboxylic acids is 1. The maximum Gasteiger partial charge on any atom is 0.333 e. The molecular formula is C15H20O7. The summed E-state index contributed by atoms with van der Waals surface area (Å²) in [7, 11) is 0. The van der Waals surface area contributed by atoms with Gasteiger partial charge in [-0.2, -0.15) is 0 Å². The monoisotopic (exact) mass is 312 g/mol. The van der Waals surface area contributed by atoms with Gasteiger partial charge in [-0.05, 0) is 13.3 Å². The predicted octanol–water partition coefficient (Wildman–Crippen LogP) is 1.25. The largest absolute Gasteiger partial charge is 0.478 e. The van der Waals surface area contributed by atoms with Gasteiger partial charge in [0.05, 0.1) is 13.2 Å². The molecule has 1 unspecified atom stereocenters. The molecule has 0 spiro atoms. The molecule has 1 saturated heterocycles. The minimum absolute atomic E-state index is 0.0244. The Bertz CT molecular complexity index is 447. The third-order valence-corrected chi connectivity index (χ3v) is 2.17. The van der Waals surface area contributed by atoms with E-state index in [1.807, 2.05) is 0 Å². The molecule has 0 amide bonds. The van der Waals surface area contributed by atoms with Gasteiger partial charge >= 0.3 is 17.9 Å². The number of esters is 2. The molecule has 1 N–H and O–H groups in total. The summed E-state index contributed by atoms with van der Waals surface area (Å²) in [6.07, 6.45) is 3.65. The Balaban J connectivity index is 0.000000534. The third kappa shape index (κ3) is 11.4. The lowest BCUT2D eigenvalue weighted by Gasteiger charge is -2.02. The van der Waals surface area contributed by atoms with E-state index in [9.17, 15) is 14.4 Å². The number of carboxylic acid groups (broad SMARTS) is 1. The van der Waals surface area contributed by atoms with E-state index in [1.165, 1.54) is 6.08 Å². The van der Waals surface area contributed by atoms with Crippen LogP contribution in [-0.2, 0) is 28.6 Å². The highest BCUT2D eigenvalue weighted by atomic mass is 16.6. The summed E-state index contributed by atoms with van der Waals surface area (Å²) in [5.74, 6) is -1.93. The van der Waals surface area contributed by atoms with Crippen molar-refractivity contribution in [2.75, 3.05) is 19.8 Å². The van der Waals surface area contributed by atoms with E-state index in [-0.39, 0.29) is 30.7 Å². The average molecular weight is 312 g/mol. The fourth-order valence-electron chi connectivity index (χ4n) is 1.02. The van der Waals surface area contributed by atoms with Crippen LogP contribution in [-0.4, -0.2) is 48.9 Å². The van der Waals surface area contributed by atoms with Crippen LogP contribution in [0.25, 0.3) is 0 Å². The topological polar surface area (TPSA) is 102 Å². The molecule has 1 rings (SSSR count). The zero-order valence-corrected chi connectivity index (χ0v) is 12.4. The van der Waals surface area contributed by atoms with E-state index < -0.39 is 11.9 Å². The number of hydrogen-bond acceptors (Lipinski definition) is 6. The lowest BCUT2D eigenvalue weighted by Crippen LogP contribution is -2.11. The Hall–Kier alpha value is -2.41. The van der Waals surface area contributed by atoms with Crippen LogP contribution >= 0.6 is 0 Å². The molecule has 1 aliphatic rings. The van der Waals surface area contributed by atoms with E-state index >= 15 is 0 Å². The quantitative estimate of drug-likeness (QED) is 0.409. The fourth-order valence-corrected chi connectivity index (χ4v) is 1.02. The predicted molar refractivity (Wildman–Crippen MR) is 78.1 cm³/mol. The van der Waals surface area contributed by atoms with Crippen molar-refractivity contribution in [3.05, 3.63) is 37.0 Å². The van der Waals surface area contributed by atoms with Gasteiger partial charge < -0.3 is 19.3 Å². The molecule has 0 aromatic rings. The number of carbonyl (C=O) groups excluding carboxylic acids is 2. The fraction of sp³-hybridized carbons (Fsp3) is 0.400. The standard InChI is InChI=1S/C10H12O5.C5H8O2/c1-7(3-2-4-9(11)12)10(13)15-6-8-5-14-8;1-3-5(6)7-4-2/h2,4,8H,1,3,5-6H2,(H,11,12);3H,1,4H2,2H3. The molecule has 0 radical (unpaired) electrons. The van der Waals surface area contributed by atoms with Crippen molar-refractivity contribution in [3.63, 3.8) is 0 Å². The highest BCUT2D eigenvalue weighted by Gasteiger charge is 2.24. The van der Waals surface area contributed by atoms with Crippen LogP contribution in [0.2, 0.25) is 0 Å². The van der Waals surface area contributed by atoms with Crippen LogP contribution in [0.5, 0.6) is 0 Å². The van der Waals surface area contributed by atoms with E-state index in [0.717, 1.165) is 12.2 Å². The number of rotatable bonds is 8. The van der Waals surface area contributed by atoms with Crippen LogP contribution in [0.3, 0.4) is 0 Å². The summed E-state index contributed by atoms with van der Waals surface area (Å²) in [5, 5.41) is 8.30. The molecule has 0 aromatic heterocycles. The molecule has 1 aliphatic heterocycles. The van der Waals surface area contributed by atoms with Crippen molar-refractivity contribution in [2.45, 2.75) is 19.4 Å². The second-order valence-electron chi connectivity index (χ2n) is 4.06. The third-order valence-electron chi connectivity index (χ3n) is 2.17. The van der Waals surface area contributed by atoms with Crippen molar-refractivity contribution in [1.29, 1.82) is 0 Å². The second kappa shape index (κ2) is 11.3. The summed E-state index contributed by atoms with van der Waals surface area (Å²) < 4.78 is 14.1. The van der Waals surface area contributed by atoms with Gasteiger partial charge in [-0.25, -0.2) is 14.4 Å². The lowest BCUT2D eigenvalue weighted by atomic mass is 10.2. The number of allylic oxidation sites excluding steroid dienone is 1. The number of carbonyl (C=O) groups is 3. The number of carboxylic acids is 1. The Morgan fingerprint density at radius 2 is 2.00 bits per heavy atom. The first-order valence-corrected chi connectivity index (χ1v) is 6.55. The van der Waals surface area contributed by atoms with Crippen molar-refractivity contribution in [2.24, 2.45) is 0 Å². The average Bonchev–Trinajstić information content (AvgIpc) is 3.29. The van der Waals surface area contributed by atoms with E-state index in [1.54, 1.807) is 6.92 Å². The Labute approximate surface area is 128 Å². The maximum atomic E-state index is 11.2. The summed E-state index contributed by atoms with van der Waals surface area (Å²) in [5.41, 5.74) is 0.230. The molecule has 1 heterocycles. The Kier molecular flexibility index (Phi) is 10.0. The molecule has 7 nitrogen and oxygen atoms in total. The summed E-state index contributed by atoms with van der Waals surface area (Å²) in [6.45, 7) is 9.73. The smallest absolute Gasteiger partial charge is 0.333 e. The van der Waals surface area contributed by atoms with E-state index in [0.29, 0.717) is 13.2 Å². The number of epoxide rings is 1. The SMILES string of the molecule is C=C(CC=CC(=O)O)C(=O)OCC1CO1.C=CC(=O)OCC. The molecule has 7 heteroatoms. The second-order valence-corrected chi connectivity index (χ2v) is 4.06. The van der Waals surface area contributed by atoms with Crippen molar-refractivity contribution in [3.8, 4) is 0 Å². The first kappa shape index (κ1) is 19.6. The van der Waals surface area contributed by atoms with Crippen LogP contribution < -0.4 is 0 Å². The molecule has 0 aromatic carbocycles. The molecular weight excluding hydrogens is 292 g/mol. The molecule has 22 heavy (non-hydrogen) atoms. The van der Waals surface area contributed by atoms with Crippen molar-refractivity contribution >= 4 is 17.9 Å². The normalized spacial score (nSPS) is 15.2. The van der Waals surface area contributed by atoms with Gasteiger partial charge in [0.25, 0.3) is 0 Å². The van der Waals surface area contributed by atoms with Crippen molar-refractivity contribution < 1.29 is 33.7 Å². The summed E-state index contributed by atoms with van der Waals surface area (Å²) in [6, 6.07) is 0. The minimum Gasteiger partial charge on any atom is -0.478 e.